The largest absolute Gasteiger partial charge is 0.508 e. The predicted octanol–water partition coefficient (Wildman–Crippen LogP) is 2.46. The van der Waals surface area contributed by atoms with Crippen molar-refractivity contribution in [3.05, 3.63) is 42.2 Å². The first-order valence-corrected chi connectivity index (χ1v) is 5.18. The molecular weight excluding hydrogens is 188 g/mol. The van der Waals surface area contributed by atoms with Crippen LogP contribution in [0.15, 0.2) is 36.5 Å². The zero-order valence-corrected chi connectivity index (χ0v) is 8.30. The van der Waals surface area contributed by atoms with Crippen molar-refractivity contribution < 1.29 is 5.11 Å². The van der Waals surface area contributed by atoms with Gasteiger partial charge in [0.1, 0.15) is 5.75 Å². The van der Waals surface area contributed by atoms with E-state index in [0.29, 0.717) is 5.92 Å². The molecule has 0 bridgehead atoms. The Hall–Kier alpha value is -1.77. The summed E-state index contributed by atoms with van der Waals surface area (Å²) in [4.78, 5) is 0. The first-order chi connectivity index (χ1) is 7.34. The van der Waals surface area contributed by atoms with Crippen molar-refractivity contribution in [2.45, 2.75) is 18.8 Å². The summed E-state index contributed by atoms with van der Waals surface area (Å²) in [5.74, 6) is 0.944. The molecule has 0 amide bonds. The van der Waals surface area contributed by atoms with E-state index in [1.165, 1.54) is 18.5 Å². The van der Waals surface area contributed by atoms with Gasteiger partial charge >= 0.3 is 0 Å². The topological polar surface area (TPSA) is 38.0 Å². The van der Waals surface area contributed by atoms with Crippen molar-refractivity contribution in [3.8, 4) is 11.4 Å². The summed E-state index contributed by atoms with van der Waals surface area (Å²) in [6.07, 6.45) is 4.33. The average molecular weight is 200 g/mol. The molecule has 3 heteroatoms. The lowest BCUT2D eigenvalue weighted by Crippen LogP contribution is -2.00. The highest BCUT2D eigenvalue weighted by molar-refractivity contribution is 5.39. The molecule has 0 spiro atoms. The third-order valence-corrected chi connectivity index (χ3v) is 2.74. The van der Waals surface area contributed by atoms with Crippen LogP contribution in [0.25, 0.3) is 5.69 Å². The molecular formula is C12H12N2O. The van der Waals surface area contributed by atoms with Crippen molar-refractivity contribution in [1.82, 2.24) is 9.78 Å². The second-order valence-electron chi connectivity index (χ2n) is 3.96. The van der Waals surface area contributed by atoms with Gasteiger partial charge in [-0.05, 0) is 31.0 Å². The van der Waals surface area contributed by atoms with Gasteiger partial charge in [0.25, 0.3) is 0 Å². The number of nitrogens with zero attached hydrogens (tertiary/aromatic N) is 2. The van der Waals surface area contributed by atoms with E-state index in [0.717, 1.165) is 5.69 Å². The lowest BCUT2D eigenvalue weighted by atomic mass is 10.2. The summed E-state index contributed by atoms with van der Waals surface area (Å²) >= 11 is 0. The molecule has 3 nitrogen and oxygen atoms in total. The number of rotatable bonds is 2. The standard InChI is InChI=1S/C12H12N2O/c15-11-3-1-2-10(8-11)14-12(6-7-13-14)9-4-5-9/h1-3,6-9,15H,4-5H2. The van der Waals surface area contributed by atoms with Crippen LogP contribution in [0, 0.1) is 0 Å². The Morgan fingerprint density at radius 1 is 1.27 bits per heavy atom. The maximum Gasteiger partial charge on any atom is 0.117 e. The molecule has 1 N–H and O–H groups in total. The minimum absolute atomic E-state index is 0.282. The van der Waals surface area contributed by atoms with Gasteiger partial charge in [0.2, 0.25) is 0 Å². The van der Waals surface area contributed by atoms with Crippen molar-refractivity contribution >= 4 is 0 Å². The maximum atomic E-state index is 9.42. The SMILES string of the molecule is Oc1cccc(-n2nccc2C2CC2)c1. The number of phenols is 1. The minimum atomic E-state index is 0.282. The molecule has 1 fully saturated rings. The third kappa shape index (κ3) is 1.50. The van der Waals surface area contributed by atoms with E-state index in [1.807, 2.05) is 23.0 Å². The molecule has 0 atom stereocenters. The molecule has 76 valence electrons. The van der Waals surface area contributed by atoms with Crippen LogP contribution in [0.4, 0.5) is 0 Å². The zero-order chi connectivity index (χ0) is 10.3. The van der Waals surface area contributed by atoms with Gasteiger partial charge < -0.3 is 5.11 Å². The molecule has 1 heterocycles. The highest BCUT2D eigenvalue weighted by Gasteiger charge is 2.27. The molecule has 0 unspecified atom stereocenters. The van der Waals surface area contributed by atoms with Crippen LogP contribution in [0.2, 0.25) is 0 Å². The summed E-state index contributed by atoms with van der Waals surface area (Å²) in [5.41, 5.74) is 2.18. The van der Waals surface area contributed by atoms with Crippen LogP contribution in [-0.2, 0) is 0 Å². The Bertz CT molecular complexity index is 486. The van der Waals surface area contributed by atoms with Gasteiger partial charge in [-0.25, -0.2) is 4.68 Å². The highest BCUT2D eigenvalue weighted by Crippen LogP contribution is 2.40. The Morgan fingerprint density at radius 2 is 2.13 bits per heavy atom. The number of aromatic hydroxyl groups is 1. The van der Waals surface area contributed by atoms with Gasteiger partial charge in [-0.15, -0.1) is 0 Å². The quantitative estimate of drug-likeness (QED) is 0.808. The zero-order valence-electron chi connectivity index (χ0n) is 8.30. The van der Waals surface area contributed by atoms with Crippen molar-refractivity contribution in [3.63, 3.8) is 0 Å². The minimum Gasteiger partial charge on any atom is -0.508 e. The Kier molecular flexibility index (Phi) is 1.78. The number of aromatic nitrogens is 2. The molecule has 3 rings (SSSR count). The third-order valence-electron chi connectivity index (χ3n) is 2.74. The molecule has 15 heavy (non-hydrogen) atoms. The molecule has 0 radical (unpaired) electrons. The fourth-order valence-electron chi connectivity index (χ4n) is 1.84. The lowest BCUT2D eigenvalue weighted by molar-refractivity contribution is 0.474. The monoisotopic (exact) mass is 200 g/mol. The average Bonchev–Trinajstić information content (AvgIpc) is 2.96. The van der Waals surface area contributed by atoms with E-state index in [9.17, 15) is 5.11 Å². The molecule has 1 aromatic heterocycles. The van der Waals surface area contributed by atoms with Gasteiger partial charge in [-0.1, -0.05) is 6.07 Å². The number of benzene rings is 1. The second-order valence-corrected chi connectivity index (χ2v) is 3.96. The molecule has 1 aliphatic rings. The van der Waals surface area contributed by atoms with Gasteiger partial charge in [0.15, 0.2) is 0 Å². The van der Waals surface area contributed by atoms with Gasteiger partial charge in [0, 0.05) is 23.9 Å². The number of hydrogen-bond donors (Lipinski definition) is 1. The molecule has 1 saturated carbocycles. The Morgan fingerprint density at radius 3 is 2.87 bits per heavy atom. The highest BCUT2D eigenvalue weighted by atomic mass is 16.3. The van der Waals surface area contributed by atoms with Crippen molar-refractivity contribution in [2.24, 2.45) is 0 Å². The smallest absolute Gasteiger partial charge is 0.117 e. The van der Waals surface area contributed by atoms with E-state index in [1.54, 1.807) is 12.1 Å². The maximum absolute atomic E-state index is 9.42. The van der Waals surface area contributed by atoms with E-state index in [4.69, 9.17) is 0 Å². The Labute approximate surface area is 88.0 Å². The van der Waals surface area contributed by atoms with Gasteiger partial charge in [0.05, 0.1) is 5.69 Å². The first-order valence-electron chi connectivity index (χ1n) is 5.18. The number of hydrogen-bond acceptors (Lipinski definition) is 2. The first kappa shape index (κ1) is 8.53. The summed E-state index contributed by atoms with van der Waals surface area (Å²) in [6.45, 7) is 0. The van der Waals surface area contributed by atoms with Crippen molar-refractivity contribution in [1.29, 1.82) is 0 Å². The number of phenolic OH excluding ortho intramolecular Hbond substituents is 1. The van der Waals surface area contributed by atoms with Gasteiger partial charge in [-0.3, -0.25) is 0 Å². The predicted molar refractivity (Wildman–Crippen MR) is 57.2 cm³/mol. The van der Waals surface area contributed by atoms with E-state index >= 15 is 0 Å². The normalized spacial score (nSPS) is 15.5. The second kappa shape index (κ2) is 3.12. The van der Waals surface area contributed by atoms with Crippen LogP contribution in [0.3, 0.4) is 0 Å². The Balaban J connectivity index is 2.07. The lowest BCUT2D eigenvalue weighted by Gasteiger charge is -2.06. The molecule has 1 aliphatic carbocycles. The summed E-state index contributed by atoms with van der Waals surface area (Å²) in [6, 6.07) is 9.26. The summed E-state index contributed by atoms with van der Waals surface area (Å²) < 4.78 is 1.91. The van der Waals surface area contributed by atoms with Gasteiger partial charge in [-0.2, -0.15) is 5.10 Å². The molecule has 0 aliphatic heterocycles. The van der Waals surface area contributed by atoms with Crippen LogP contribution < -0.4 is 0 Å². The van der Waals surface area contributed by atoms with Crippen LogP contribution in [-0.4, -0.2) is 14.9 Å². The molecule has 1 aromatic carbocycles. The summed E-state index contributed by atoms with van der Waals surface area (Å²) in [5, 5.41) is 13.7. The fourth-order valence-corrected chi connectivity index (χ4v) is 1.84. The van der Waals surface area contributed by atoms with E-state index < -0.39 is 0 Å². The van der Waals surface area contributed by atoms with Crippen LogP contribution in [0.5, 0.6) is 5.75 Å². The molecule has 2 aromatic rings. The van der Waals surface area contributed by atoms with Crippen molar-refractivity contribution in [2.75, 3.05) is 0 Å². The summed E-state index contributed by atoms with van der Waals surface area (Å²) in [7, 11) is 0. The fraction of sp³-hybridized carbons (Fsp3) is 0.250. The molecule has 0 saturated heterocycles. The van der Waals surface area contributed by atoms with E-state index in [2.05, 4.69) is 11.2 Å². The van der Waals surface area contributed by atoms with Crippen LogP contribution in [0.1, 0.15) is 24.5 Å². The van der Waals surface area contributed by atoms with Crippen LogP contribution >= 0.6 is 0 Å². The van der Waals surface area contributed by atoms with E-state index in [-0.39, 0.29) is 5.75 Å².